The van der Waals surface area contributed by atoms with Crippen LogP contribution in [-0.4, -0.2) is 14.5 Å². The fourth-order valence-corrected chi connectivity index (χ4v) is 11.2. The third-order valence-electron chi connectivity index (χ3n) is 12.2. The van der Waals surface area contributed by atoms with Gasteiger partial charge in [0.15, 0.2) is 0 Å². The SMILES string of the molecule is c1ccc2c(c1)-c1ccccc1C21c2ccccc2-c2c(-c3nc(-n4c5ccccc5c5cc6ccccc6cc54)nc4c3sc3ccccc34)cccc21. The Hall–Kier alpha value is -6.88. The maximum absolute atomic E-state index is 5.71. The minimum atomic E-state index is -0.432. The van der Waals surface area contributed by atoms with Crippen LogP contribution in [0.2, 0.25) is 0 Å². The number of para-hydroxylation sites is 1. The summed E-state index contributed by atoms with van der Waals surface area (Å²) in [6.07, 6.45) is 0. The highest BCUT2D eigenvalue weighted by atomic mass is 32.1. The normalized spacial score (nSPS) is 13.6. The molecule has 4 heteroatoms. The van der Waals surface area contributed by atoms with Crippen molar-refractivity contribution in [2.45, 2.75) is 5.41 Å². The number of hydrogen-bond donors (Lipinski definition) is 0. The average molecular weight is 716 g/mol. The van der Waals surface area contributed by atoms with Gasteiger partial charge in [-0.25, -0.2) is 9.97 Å². The van der Waals surface area contributed by atoms with Crippen molar-refractivity contribution >= 4 is 64.2 Å². The van der Waals surface area contributed by atoms with Crippen LogP contribution in [0.4, 0.5) is 0 Å². The summed E-state index contributed by atoms with van der Waals surface area (Å²) in [6, 6.07) is 64.5. The zero-order valence-corrected chi connectivity index (χ0v) is 30.3. The van der Waals surface area contributed by atoms with Gasteiger partial charge in [0.1, 0.15) is 0 Å². The molecule has 2 aliphatic carbocycles. The third-order valence-corrected chi connectivity index (χ3v) is 13.4. The van der Waals surface area contributed by atoms with Gasteiger partial charge in [0.2, 0.25) is 5.95 Å². The molecule has 3 heterocycles. The predicted molar refractivity (Wildman–Crippen MR) is 228 cm³/mol. The molecule has 2 aliphatic rings. The summed E-state index contributed by atoms with van der Waals surface area (Å²) < 4.78 is 4.60. The number of rotatable bonds is 2. The van der Waals surface area contributed by atoms with E-state index in [1.54, 1.807) is 11.3 Å². The largest absolute Gasteiger partial charge is 0.278 e. The van der Waals surface area contributed by atoms with Crippen molar-refractivity contribution in [2.75, 3.05) is 0 Å². The van der Waals surface area contributed by atoms with Crippen LogP contribution in [0.5, 0.6) is 0 Å². The van der Waals surface area contributed by atoms with Crippen molar-refractivity contribution in [1.29, 1.82) is 0 Å². The van der Waals surface area contributed by atoms with Crippen molar-refractivity contribution in [3.8, 4) is 39.5 Å². The summed E-state index contributed by atoms with van der Waals surface area (Å²) in [5.41, 5.74) is 15.3. The highest BCUT2D eigenvalue weighted by Gasteiger charge is 2.52. The Kier molecular flexibility index (Phi) is 5.71. The summed E-state index contributed by atoms with van der Waals surface area (Å²) in [5.74, 6) is 0.683. The molecule has 8 aromatic carbocycles. The highest BCUT2D eigenvalue weighted by molar-refractivity contribution is 7.26. The molecule has 3 nitrogen and oxygen atoms in total. The van der Waals surface area contributed by atoms with Crippen LogP contribution in [-0.2, 0) is 5.41 Å². The molecular formula is C51H29N3S. The second-order valence-electron chi connectivity index (χ2n) is 14.8. The van der Waals surface area contributed by atoms with Gasteiger partial charge in [-0.1, -0.05) is 152 Å². The predicted octanol–water partition coefficient (Wildman–Crippen LogP) is 13.1. The molecule has 0 unspecified atom stereocenters. The molecule has 55 heavy (non-hydrogen) atoms. The van der Waals surface area contributed by atoms with E-state index in [2.05, 4.69) is 180 Å². The summed E-state index contributed by atoms with van der Waals surface area (Å²) >= 11 is 1.79. The van der Waals surface area contributed by atoms with Crippen molar-refractivity contribution < 1.29 is 0 Å². The Bertz CT molecular complexity index is 3410. The van der Waals surface area contributed by atoms with E-state index in [0.29, 0.717) is 5.95 Å². The minimum Gasteiger partial charge on any atom is -0.278 e. The smallest absolute Gasteiger partial charge is 0.235 e. The van der Waals surface area contributed by atoms with E-state index in [4.69, 9.17) is 9.97 Å². The Morgan fingerprint density at radius 1 is 0.436 bits per heavy atom. The Labute approximate surface area is 320 Å². The van der Waals surface area contributed by atoms with E-state index in [0.717, 1.165) is 37.9 Å². The number of aromatic nitrogens is 3. The van der Waals surface area contributed by atoms with E-state index in [1.807, 2.05) is 0 Å². The summed E-state index contributed by atoms with van der Waals surface area (Å²) in [6.45, 7) is 0. The van der Waals surface area contributed by atoms with Gasteiger partial charge in [-0.05, 0) is 79.5 Å². The summed E-state index contributed by atoms with van der Waals surface area (Å²) in [4.78, 5) is 11.2. The van der Waals surface area contributed by atoms with Gasteiger partial charge >= 0.3 is 0 Å². The number of hydrogen-bond acceptors (Lipinski definition) is 3. The second kappa shape index (κ2) is 10.6. The Morgan fingerprint density at radius 2 is 1.02 bits per heavy atom. The van der Waals surface area contributed by atoms with Gasteiger partial charge in [0.05, 0.1) is 32.4 Å². The lowest BCUT2D eigenvalue weighted by Crippen LogP contribution is -2.25. The molecule has 0 aliphatic heterocycles. The van der Waals surface area contributed by atoms with Crippen molar-refractivity contribution in [3.63, 3.8) is 0 Å². The zero-order valence-electron chi connectivity index (χ0n) is 29.5. The molecule has 0 saturated carbocycles. The van der Waals surface area contributed by atoms with Crippen LogP contribution >= 0.6 is 11.3 Å². The molecule has 0 N–H and O–H groups in total. The fraction of sp³-hybridized carbons (Fsp3) is 0.0196. The first-order valence-corrected chi connectivity index (χ1v) is 19.7. The van der Waals surface area contributed by atoms with Crippen LogP contribution < -0.4 is 0 Å². The number of thiophene rings is 1. The molecule has 0 amide bonds. The van der Waals surface area contributed by atoms with E-state index < -0.39 is 5.41 Å². The summed E-state index contributed by atoms with van der Waals surface area (Å²) in [7, 11) is 0. The molecule has 0 fully saturated rings. The van der Waals surface area contributed by atoms with Gasteiger partial charge in [0, 0.05) is 26.4 Å². The lowest BCUT2D eigenvalue weighted by molar-refractivity contribution is 0.794. The lowest BCUT2D eigenvalue weighted by Gasteiger charge is -2.30. The van der Waals surface area contributed by atoms with E-state index in [1.165, 1.54) is 70.8 Å². The second-order valence-corrected chi connectivity index (χ2v) is 15.9. The third kappa shape index (κ3) is 3.70. The van der Waals surface area contributed by atoms with Gasteiger partial charge in [-0.15, -0.1) is 11.3 Å². The monoisotopic (exact) mass is 715 g/mol. The van der Waals surface area contributed by atoms with E-state index in [9.17, 15) is 0 Å². The molecule has 0 radical (unpaired) electrons. The minimum absolute atomic E-state index is 0.432. The number of benzene rings is 8. The molecular weight excluding hydrogens is 687 g/mol. The standard InChI is InChI=1S/C51H29N3S/c1-2-15-31-29-44-38(28-30(31)14-1)34-18-6-11-26-43(34)54(44)50-52-47-36-20-7-12-27-45(36)55-49(47)48(53-50)37-21-13-25-42-46(37)35-19-5-10-24-41(35)51(42)39-22-8-3-16-32(39)33-17-4-9-23-40(33)51/h1-29H. The highest BCUT2D eigenvalue weighted by Crippen LogP contribution is 2.64. The average Bonchev–Trinajstić information content (AvgIpc) is 3.96. The molecule has 13 rings (SSSR count). The van der Waals surface area contributed by atoms with Crippen LogP contribution in [0.15, 0.2) is 176 Å². The van der Waals surface area contributed by atoms with Crippen LogP contribution in [0.25, 0.3) is 92.3 Å². The maximum Gasteiger partial charge on any atom is 0.235 e. The molecule has 3 aromatic heterocycles. The molecule has 254 valence electrons. The summed E-state index contributed by atoms with van der Waals surface area (Å²) in [5, 5.41) is 5.97. The van der Waals surface area contributed by atoms with Gasteiger partial charge < -0.3 is 0 Å². The molecule has 0 saturated heterocycles. The van der Waals surface area contributed by atoms with Crippen molar-refractivity contribution in [2.24, 2.45) is 0 Å². The van der Waals surface area contributed by atoms with E-state index >= 15 is 0 Å². The fourth-order valence-electron chi connectivity index (χ4n) is 10.1. The number of fused-ring (bicyclic) bond motifs is 17. The topological polar surface area (TPSA) is 30.7 Å². The first kappa shape index (κ1) is 29.6. The Morgan fingerprint density at radius 3 is 1.80 bits per heavy atom. The zero-order chi connectivity index (χ0) is 35.8. The van der Waals surface area contributed by atoms with Gasteiger partial charge in [-0.3, -0.25) is 4.57 Å². The Balaban J connectivity index is 1.17. The quantitative estimate of drug-likeness (QED) is 0.178. The molecule has 0 bridgehead atoms. The molecule has 0 atom stereocenters. The lowest BCUT2D eigenvalue weighted by atomic mass is 9.70. The number of nitrogens with zero attached hydrogens (tertiary/aromatic N) is 3. The first-order valence-electron chi connectivity index (χ1n) is 18.8. The first-order chi connectivity index (χ1) is 27.3. The van der Waals surface area contributed by atoms with E-state index in [-0.39, 0.29) is 0 Å². The van der Waals surface area contributed by atoms with Crippen LogP contribution in [0, 0.1) is 0 Å². The molecule has 1 spiro atoms. The van der Waals surface area contributed by atoms with Crippen LogP contribution in [0.3, 0.4) is 0 Å². The maximum atomic E-state index is 5.71. The van der Waals surface area contributed by atoms with Gasteiger partial charge in [0.25, 0.3) is 0 Å². The van der Waals surface area contributed by atoms with Crippen molar-refractivity contribution in [1.82, 2.24) is 14.5 Å². The van der Waals surface area contributed by atoms with Crippen molar-refractivity contribution in [3.05, 3.63) is 198 Å². The van der Waals surface area contributed by atoms with Crippen LogP contribution in [0.1, 0.15) is 22.3 Å². The van der Waals surface area contributed by atoms with Gasteiger partial charge in [-0.2, -0.15) is 0 Å². The molecule has 11 aromatic rings.